The molecule has 10 heteroatoms. The molecule has 5 atom stereocenters. The lowest BCUT2D eigenvalue weighted by molar-refractivity contribution is -0.194. The zero-order chi connectivity index (χ0) is 21.6. The summed E-state index contributed by atoms with van der Waals surface area (Å²) in [4.78, 5) is 13.2. The zero-order valence-electron chi connectivity index (χ0n) is 17.7. The molecule has 9 nitrogen and oxygen atoms in total. The first-order chi connectivity index (χ1) is 15.0. The van der Waals surface area contributed by atoms with Crippen LogP contribution < -0.4 is 5.73 Å². The van der Waals surface area contributed by atoms with Crippen molar-refractivity contribution in [2.45, 2.75) is 69.7 Å². The van der Waals surface area contributed by atoms with E-state index in [-0.39, 0.29) is 19.2 Å². The van der Waals surface area contributed by atoms with Crippen molar-refractivity contribution < 1.29 is 23.7 Å². The fraction of sp³-hybridized carbons (Fsp3) is 0.762. The molecule has 1 aliphatic carbocycles. The van der Waals surface area contributed by atoms with Crippen molar-refractivity contribution in [2.24, 2.45) is 11.8 Å². The van der Waals surface area contributed by atoms with Gasteiger partial charge >= 0.3 is 0 Å². The Morgan fingerprint density at radius 3 is 2.87 bits per heavy atom. The molecule has 0 amide bonds. The Kier molecular flexibility index (Phi) is 5.58. The Hall–Kier alpha value is -1.88. The number of nitrogens with two attached hydrogens (primary N) is 1. The summed E-state index contributed by atoms with van der Waals surface area (Å²) in [5.74, 6) is 0.118. The molecule has 2 aromatic heterocycles. The van der Waals surface area contributed by atoms with Crippen LogP contribution in [0.1, 0.15) is 50.9 Å². The van der Waals surface area contributed by atoms with E-state index in [1.165, 1.54) is 19.2 Å². The van der Waals surface area contributed by atoms with Crippen molar-refractivity contribution in [3.8, 4) is 0 Å². The maximum atomic E-state index is 16.5. The number of ether oxygens (including phenoxy) is 3. The number of nitrogens with zero attached hydrogens (tertiary/aromatic N) is 4. The van der Waals surface area contributed by atoms with Gasteiger partial charge < -0.3 is 25.1 Å². The van der Waals surface area contributed by atoms with E-state index >= 15 is 4.39 Å². The van der Waals surface area contributed by atoms with E-state index in [9.17, 15) is 5.11 Å². The Bertz CT molecular complexity index is 932. The third-order valence-corrected chi connectivity index (χ3v) is 6.78. The fourth-order valence-corrected chi connectivity index (χ4v) is 4.60. The SMILES string of the molecule is C[C@@H]1[C@@H](CO)O[C@@H](n2cnc3c(CC4CC4)nc(N)nc32)[C@@]1(F)COC1CCCCO1. The molecule has 2 saturated heterocycles. The maximum Gasteiger partial charge on any atom is 0.222 e. The van der Waals surface area contributed by atoms with E-state index < -0.39 is 30.2 Å². The topological polar surface area (TPSA) is 118 Å². The van der Waals surface area contributed by atoms with Gasteiger partial charge in [-0.1, -0.05) is 6.92 Å². The molecule has 4 heterocycles. The number of alkyl halides is 1. The number of aliphatic hydroxyl groups is 1. The molecule has 3 fully saturated rings. The van der Waals surface area contributed by atoms with E-state index in [1.807, 2.05) is 0 Å². The Morgan fingerprint density at radius 1 is 1.32 bits per heavy atom. The highest BCUT2D eigenvalue weighted by atomic mass is 19.1. The number of hydrogen-bond donors (Lipinski definition) is 2. The van der Waals surface area contributed by atoms with Gasteiger partial charge in [0, 0.05) is 12.5 Å². The number of aliphatic hydroxyl groups excluding tert-OH is 1. The summed E-state index contributed by atoms with van der Waals surface area (Å²) in [6.07, 6.45) is 5.20. The smallest absolute Gasteiger partial charge is 0.222 e. The normalized spacial score (nSPS) is 33.9. The summed E-state index contributed by atoms with van der Waals surface area (Å²) in [6, 6.07) is 0. The van der Waals surface area contributed by atoms with Crippen molar-refractivity contribution in [3.05, 3.63) is 12.0 Å². The number of fused-ring (bicyclic) bond motifs is 1. The lowest BCUT2D eigenvalue weighted by Gasteiger charge is -2.32. The van der Waals surface area contributed by atoms with E-state index in [0.29, 0.717) is 23.7 Å². The second-order valence-electron chi connectivity index (χ2n) is 9.03. The fourth-order valence-electron chi connectivity index (χ4n) is 4.60. The van der Waals surface area contributed by atoms with Crippen molar-refractivity contribution in [2.75, 3.05) is 25.6 Å². The van der Waals surface area contributed by atoms with E-state index in [2.05, 4.69) is 15.0 Å². The van der Waals surface area contributed by atoms with E-state index in [1.54, 1.807) is 11.5 Å². The Labute approximate surface area is 180 Å². The predicted molar refractivity (Wildman–Crippen MR) is 110 cm³/mol. The number of halogens is 1. The van der Waals surface area contributed by atoms with Gasteiger partial charge in [-0.25, -0.2) is 14.4 Å². The molecule has 0 spiro atoms. The number of hydrogen-bond acceptors (Lipinski definition) is 8. The molecule has 2 aliphatic heterocycles. The summed E-state index contributed by atoms with van der Waals surface area (Å²) >= 11 is 0. The van der Waals surface area contributed by atoms with Crippen LogP contribution >= 0.6 is 0 Å². The highest BCUT2D eigenvalue weighted by Crippen LogP contribution is 2.47. The van der Waals surface area contributed by atoms with Gasteiger partial charge in [-0.2, -0.15) is 4.98 Å². The Morgan fingerprint density at radius 2 is 2.16 bits per heavy atom. The maximum absolute atomic E-state index is 16.5. The number of anilines is 1. The van der Waals surface area contributed by atoms with E-state index in [4.69, 9.17) is 19.9 Å². The van der Waals surface area contributed by atoms with Gasteiger partial charge in [-0.3, -0.25) is 4.57 Å². The predicted octanol–water partition coefficient (Wildman–Crippen LogP) is 2.14. The molecule has 31 heavy (non-hydrogen) atoms. The van der Waals surface area contributed by atoms with Gasteiger partial charge in [0.15, 0.2) is 23.8 Å². The molecule has 2 aromatic rings. The molecule has 5 rings (SSSR count). The highest BCUT2D eigenvalue weighted by Gasteiger charge is 2.57. The quantitative estimate of drug-likeness (QED) is 0.679. The van der Waals surface area contributed by atoms with Crippen molar-refractivity contribution in [1.29, 1.82) is 0 Å². The number of imidazole rings is 1. The molecular formula is C21H30FN5O4. The zero-order valence-corrected chi connectivity index (χ0v) is 17.7. The second-order valence-corrected chi connectivity index (χ2v) is 9.03. The summed E-state index contributed by atoms with van der Waals surface area (Å²) in [6.45, 7) is 1.84. The first-order valence-electron chi connectivity index (χ1n) is 11.2. The molecule has 1 saturated carbocycles. The molecule has 170 valence electrons. The van der Waals surface area contributed by atoms with Crippen LogP contribution in [0.5, 0.6) is 0 Å². The van der Waals surface area contributed by atoms with Gasteiger partial charge in [0.1, 0.15) is 5.52 Å². The van der Waals surface area contributed by atoms with Gasteiger partial charge in [0.05, 0.1) is 31.3 Å². The van der Waals surface area contributed by atoms with Crippen LogP contribution in [0.25, 0.3) is 11.2 Å². The van der Waals surface area contributed by atoms with Crippen LogP contribution in [-0.2, 0) is 20.6 Å². The number of nitrogen functional groups attached to an aromatic ring is 1. The lowest BCUT2D eigenvalue weighted by Crippen LogP contribution is -2.43. The summed E-state index contributed by atoms with van der Waals surface area (Å²) < 4.78 is 35.5. The monoisotopic (exact) mass is 435 g/mol. The third kappa shape index (κ3) is 3.90. The van der Waals surface area contributed by atoms with Crippen molar-refractivity contribution >= 4 is 17.1 Å². The number of aromatic nitrogens is 4. The Balaban J connectivity index is 1.47. The van der Waals surface area contributed by atoms with Gasteiger partial charge in [0.25, 0.3) is 0 Å². The van der Waals surface area contributed by atoms with Gasteiger partial charge in [0.2, 0.25) is 5.95 Å². The van der Waals surface area contributed by atoms with Crippen LogP contribution in [0.4, 0.5) is 10.3 Å². The second kappa shape index (κ2) is 8.23. The van der Waals surface area contributed by atoms with Crippen LogP contribution in [0.2, 0.25) is 0 Å². The third-order valence-electron chi connectivity index (χ3n) is 6.78. The first-order valence-corrected chi connectivity index (χ1v) is 11.2. The molecule has 0 aromatic carbocycles. The molecule has 3 N–H and O–H groups in total. The minimum Gasteiger partial charge on any atom is -0.394 e. The standard InChI is InChI=1S/C21H30FN5O4/c1-12-15(9-28)31-19(21(12,22)10-30-16-4-2-3-7-29-16)27-11-24-17-14(8-13-5-6-13)25-20(23)26-18(17)27/h11-13,15-16,19,28H,2-10H2,1H3,(H2,23,25,26)/t12-,15-,16?,19-,21-/m1/s1. The summed E-state index contributed by atoms with van der Waals surface area (Å²) in [7, 11) is 0. The lowest BCUT2D eigenvalue weighted by atomic mass is 9.88. The van der Waals surface area contributed by atoms with Crippen LogP contribution in [0.3, 0.4) is 0 Å². The molecule has 0 bridgehead atoms. The van der Waals surface area contributed by atoms with Gasteiger partial charge in [-0.15, -0.1) is 0 Å². The number of rotatable bonds is 7. The molecule has 1 unspecified atom stereocenters. The van der Waals surface area contributed by atoms with Crippen molar-refractivity contribution in [3.63, 3.8) is 0 Å². The van der Waals surface area contributed by atoms with Crippen LogP contribution in [0.15, 0.2) is 6.33 Å². The largest absolute Gasteiger partial charge is 0.394 e. The molecule has 3 aliphatic rings. The van der Waals surface area contributed by atoms with Crippen molar-refractivity contribution in [1.82, 2.24) is 19.5 Å². The first kappa shape index (κ1) is 21.0. The minimum atomic E-state index is -1.90. The van der Waals surface area contributed by atoms with Gasteiger partial charge in [-0.05, 0) is 44.4 Å². The molecular weight excluding hydrogens is 405 g/mol. The summed E-state index contributed by atoms with van der Waals surface area (Å²) in [5, 5.41) is 9.78. The molecule has 0 radical (unpaired) electrons. The minimum absolute atomic E-state index is 0.131. The highest BCUT2D eigenvalue weighted by molar-refractivity contribution is 5.75. The average Bonchev–Trinajstić information content (AvgIpc) is 3.43. The van der Waals surface area contributed by atoms with Crippen LogP contribution in [-0.4, -0.2) is 62.5 Å². The van der Waals surface area contributed by atoms with E-state index in [0.717, 1.165) is 31.4 Å². The average molecular weight is 436 g/mol. The summed E-state index contributed by atoms with van der Waals surface area (Å²) in [5.41, 5.74) is 5.90. The van der Waals surface area contributed by atoms with Crippen LogP contribution in [0, 0.1) is 11.8 Å².